The smallest absolute Gasteiger partial charge is 0.273 e. The Morgan fingerprint density at radius 2 is 1.77 bits per heavy atom. The molecule has 3 aromatic rings. The maximum atomic E-state index is 14.7. The molecular formula is C25H26FN4O8P-2. The highest BCUT2D eigenvalue weighted by molar-refractivity contribution is 7.43. The van der Waals surface area contributed by atoms with Crippen LogP contribution in [0.5, 0.6) is 17.2 Å². The molecule has 0 unspecified atom stereocenters. The van der Waals surface area contributed by atoms with Crippen molar-refractivity contribution >= 4 is 19.5 Å². The number of pyridine rings is 1. The lowest BCUT2D eigenvalue weighted by Gasteiger charge is -2.39. The van der Waals surface area contributed by atoms with Gasteiger partial charge in [0.2, 0.25) is 0 Å². The van der Waals surface area contributed by atoms with Gasteiger partial charge < -0.3 is 33.1 Å². The molecule has 1 amide bonds. The molecule has 1 aliphatic heterocycles. The van der Waals surface area contributed by atoms with Crippen molar-refractivity contribution in [1.82, 2.24) is 15.0 Å². The second-order valence-electron chi connectivity index (χ2n) is 9.24. The van der Waals surface area contributed by atoms with Crippen molar-refractivity contribution in [1.29, 1.82) is 0 Å². The van der Waals surface area contributed by atoms with E-state index in [-0.39, 0.29) is 30.1 Å². The molecular weight excluding hydrogens is 534 g/mol. The number of benzene rings is 1. The Balaban J connectivity index is 1.62. The van der Waals surface area contributed by atoms with Gasteiger partial charge in [-0.2, -0.15) is 0 Å². The van der Waals surface area contributed by atoms with Gasteiger partial charge in [-0.25, -0.2) is 19.3 Å². The van der Waals surface area contributed by atoms with Crippen LogP contribution in [-0.4, -0.2) is 47.4 Å². The molecule has 0 radical (unpaired) electrons. The first kappa shape index (κ1) is 28.4. The molecule has 0 aliphatic carbocycles. The van der Waals surface area contributed by atoms with Gasteiger partial charge in [-0.1, -0.05) is 0 Å². The van der Waals surface area contributed by atoms with E-state index in [4.69, 9.17) is 14.2 Å². The topological polar surface area (TPSA) is 159 Å². The fourth-order valence-corrected chi connectivity index (χ4v) is 4.34. The van der Waals surface area contributed by atoms with Crippen molar-refractivity contribution in [3.05, 3.63) is 64.6 Å². The first-order valence-electron chi connectivity index (χ1n) is 11.7. The van der Waals surface area contributed by atoms with Crippen LogP contribution in [-0.2, 0) is 26.7 Å². The summed E-state index contributed by atoms with van der Waals surface area (Å²) in [5, 5.41) is 0. The third-order valence-corrected chi connectivity index (χ3v) is 6.44. The van der Waals surface area contributed by atoms with Crippen LogP contribution in [0.25, 0.3) is 0 Å². The van der Waals surface area contributed by atoms with Gasteiger partial charge in [0.15, 0.2) is 23.0 Å². The Bertz CT molecular complexity index is 1440. The lowest BCUT2D eigenvalue weighted by molar-refractivity contribution is -0.341. The number of carbonyl (C=O) groups is 1. The molecule has 0 fully saturated rings. The SMILES string of the molecule is COc1cc(Cc2ncc(F)c(Cc3ccc4c(n3)N(COP(=O)([O-])[O-])C(=O)C(C)(C)O4)n2)cc(OC)c1C. The van der Waals surface area contributed by atoms with Gasteiger partial charge in [0.25, 0.3) is 5.91 Å². The fraction of sp³-hybridized carbons (Fsp3) is 0.360. The third-order valence-electron chi connectivity index (χ3n) is 6.01. The number of nitrogens with zero attached hydrogens (tertiary/aromatic N) is 4. The van der Waals surface area contributed by atoms with Crippen molar-refractivity contribution in [3.63, 3.8) is 0 Å². The molecule has 0 atom stereocenters. The van der Waals surface area contributed by atoms with E-state index in [2.05, 4.69) is 19.5 Å². The molecule has 1 aromatic carbocycles. The minimum Gasteiger partial charge on any atom is -0.790 e. The van der Waals surface area contributed by atoms with Crippen molar-refractivity contribution in [3.8, 4) is 17.2 Å². The Labute approximate surface area is 224 Å². The zero-order chi connectivity index (χ0) is 28.5. The number of hydrogen-bond donors (Lipinski definition) is 0. The molecule has 0 N–H and O–H groups in total. The monoisotopic (exact) mass is 560 g/mol. The van der Waals surface area contributed by atoms with Gasteiger partial charge >= 0.3 is 0 Å². The number of hydrogen-bond acceptors (Lipinski definition) is 11. The summed E-state index contributed by atoms with van der Waals surface area (Å²) in [6.45, 7) is 3.94. The van der Waals surface area contributed by atoms with E-state index in [1.165, 1.54) is 19.9 Å². The number of ether oxygens (including phenoxy) is 3. The Hall–Kier alpha value is -3.64. The molecule has 208 valence electrons. The standard InChI is InChI=1S/C25H28FN4O8P/c1-14-20(35-4)8-15(9-21(14)36-5)10-22-27-12-17(26)18(29-22)11-16-6-7-19-23(28-16)30(13-37-39(32,33)34)24(31)25(2,3)38-19/h6-9,12H,10-11,13H2,1-5H3,(H2,32,33,34)/p-2. The van der Waals surface area contributed by atoms with Gasteiger partial charge in [-0.3, -0.25) is 9.69 Å². The van der Waals surface area contributed by atoms with E-state index >= 15 is 0 Å². The largest absolute Gasteiger partial charge is 0.790 e. The van der Waals surface area contributed by atoms with E-state index < -0.39 is 31.9 Å². The highest BCUT2D eigenvalue weighted by Gasteiger charge is 2.42. The van der Waals surface area contributed by atoms with Crippen LogP contribution in [0.4, 0.5) is 10.2 Å². The van der Waals surface area contributed by atoms with Crippen molar-refractivity contribution in [2.45, 2.75) is 39.2 Å². The van der Waals surface area contributed by atoms with Gasteiger partial charge in [-0.05, 0) is 50.6 Å². The quantitative estimate of drug-likeness (QED) is 0.351. The van der Waals surface area contributed by atoms with Crippen LogP contribution in [0, 0.1) is 12.7 Å². The van der Waals surface area contributed by atoms with Crippen molar-refractivity contribution in [2.24, 2.45) is 0 Å². The molecule has 14 heteroatoms. The molecule has 0 bridgehead atoms. The second-order valence-corrected chi connectivity index (χ2v) is 10.4. The number of phosphoric ester groups is 1. The van der Waals surface area contributed by atoms with Crippen LogP contribution in [0.1, 0.15) is 42.2 Å². The van der Waals surface area contributed by atoms with E-state index in [1.54, 1.807) is 20.3 Å². The minimum absolute atomic E-state index is 0.0493. The van der Waals surface area contributed by atoms with Gasteiger partial charge in [0, 0.05) is 24.1 Å². The average molecular weight is 560 g/mol. The molecule has 4 rings (SSSR count). The number of halogens is 1. The van der Waals surface area contributed by atoms with Crippen molar-refractivity contribution in [2.75, 3.05) is 25.9 Å². The van der Waals surface area contributed by atoms with E-state index in [1.807, 2.05) is 19.1 Å². The summed E-state index contributed by atoms with van der Waals surface area (Å²) in [5.74, 6) is 0.349. The Kier molecular flexibility index (Phi) is 7.89. The maximum Gasteiger partial charge on any atom is 0.273 e. The summed E-state index contributed by atoms with van der Waals surface area (Å²) in [6, 6.07) is 6.73. The normalized spacial score (nSPS) is 14.6. The zero-order valence-electron chi connectivity index (χ0n) is 21.9. The molecule has 3 heterocycles. The second kappa shape index (κ2) is 10.9. The first-order valence-corrected chi connectivity index (χ1v) is 13.2. The highest BCUT2D eigenvalue weighted by Crippen LogP contribution is 2.38. The molecule has 1 aliphatic rings. The number of methoxy groups -OCH3 is 2. The number of carbonyl (C=O) groups excluding carboxylic acids is 1. The predicted octanol–water partition coefficient (Wildman–Crippen LogP) is 1.82. The average Bonchev–Trinajstić information content (AvgIpc) is 2.86. The number of phosphoric acid groups is 1. The zero-order valence-corrected chi connectivity index (χ0v) is 22.8. The van der Waals surface area contributed by atoms with E-state index in [0.717, 1.165) is 22.2 Å². The van der Waals surface area contributed by atoms with E-state index in [9.17, 15) is 23.5 Å². The van der Waals surface area contributed by atoms with Gasteiger partial charge in [0.05, 0.1) is 33.9 Å². The molecule has 39 heavy (non-hydrogen) atoms. The lowest BCUT2D eigenvalue weighted by atomic mass is 10.1. The summed E-state index contributed by atoms with van der Waals surface area (Å²) >= 11 is 0. The van der Waals surface area contributed by atoms with Crippen LogP contribution in [0.2, 0.25) is 0 Å². The van der Waals surface area contributed by atoms with Gasteiger partial charge in [-0.15, -0.1) is 0 Å². The van der Waals surface area contributed by atoms with E-state index in [0.29, 0.717) is 23.0 Å². The van der Waals surface area contributed by atoms with Crippen molar-refractivity contribution < 1.29 is 42.3 Å². The van der Waals surface area contributed by atoms with Crippen LogP contribution < -0.4 is 28.9 Å². The number of aromatic nitrogens is 3. The molecule has 2 aromatic heterocycles. The highest BCUT2D eigenvalue weighted by atomic mass is 31.2. The summed E-state index contributed by atoms with van der Waals surface area (Å²) in [6.07, 6.45) is 1.25. The summed E-state index contributed by atoms with van der Waals surface area (Å²) < 4.78 is 46.6. The molecule has 0 saturated heterocycles. The lowest BCUT2D eigenvalue weighted by Crippen LogP contribution is -2.53. The predicted molar refractivity (Wildman–Crippen MR) is 132 cm³/mol. The number of anilines is 1. The third kappa shape index (κ3) is 6.34. The Morgan fingerprint density at radius 3 is 2.38 bits per heavy atom. The summed E-state index contributed by atoms with van der Waals surface area (Å²) in [4.78, 5) is 48.7. The first-order chi connectivity index (χ1) is 18.3. The van der Waals surface area contributed by atoms with Crippen LogP contribution in [0.15, 0.2) is 30.5 Å². The number of amides is 1. The molecule has 0 saturated carbocycles. The fourth-order valence-electron chi connectivity index (χ4n) is 4.08. The summed E-state index contributed by atoms with van der Waals surface area (Å²) in [5.41, 5.74) is 0.603. The minimum atomic E-state index is -5.38. The number of rotatable bonds is 9. The molecule has 0 spiro atoms. The van der Waals surface area contributed by atoms with Crippen LogP contribution in [0.3, 0.4) is 0 Å². The van der Waals surface area contributed by atoms with Crippen LogP contribution >= 0.6 is 7.82 Å². The Morgan fingerprint density at radius 1 is 1.10 bits per heavy atom. The number of fused-ring (bicyclic) bond motifs is 1. The molecule has 12 nitrogen and oxygen atoms in total. The summed E-state index contributed by atoms with van der Waals surface area (Å²) in [7, 11) is -2.27. The van der Waals surface area contributed by atoms with Gasteiger partial charge in [0.1, 0.15) is 24.1 Å². The maximum absolute atomic E-state index is 14.7.